The number of benzene rings is 2. The van der Waals surface area contributed by atoms with Crippen molar-refractivity contribution in [3.8, 4) is 23.3 Å². The van der Waals surface area contributed by atoms with E-state index >= 15 is 0 Å². The summed E-state index contributed by atoms with van der Waals surface area (Å²) >= 11 is 0. The average molecular weight is 405 g/mol. The minimum absolute atomic E-state index is 0.272. The van der Waals surface area contributed by atoms with Crippen molar-refractivity contribution in [2.75, 3.05) is 19.5 Å². The van der Waals surface area contributed by atoms with Crippen molar-refractivity contribution in [2.45, 2.75) is 13.8 Å². The first-order chi connectivity index (χ1) is 14.5. The van der Waals surface area contributed by atoms with E-state index in [9.17, 15) is 4.79 Å². The van der Waals surface area contributed by atoms with Gasteiger partial charge in [-0.05, 0) is 68.5 Å². The zero-order valence-corrected chi connectivity index (χ0v) is 17.3. The molecule has 0 atom stereocenters. The van der Waals surface area contributed by atoms with Gasteiger partial charge in [0.1, 0.15) is 17.2 Å². The molecular weight excluding hydrogens is 382 g/mol. The van der Waals surface area contributed by atoms with Crippen LogP contribution < -0.4 is 19.5 Å². The summed E-state index contributed by atoms with van der Waals surface area (Å²) in [5.41, 5.74) is 3.04. The van der Waals surface area contributed by atoms with E-state index in [0.717, 1.165) is 17.0 Å². The van der Waals surface area contributed by atoms with Crippen LogP contribution in [-0.4, -0.2) is 30.1 Å². The number of nitrogens with one attached hydrogen (secondary N) is 1. The van der Waals surface area contributed by atoms with Gasteiger partial charge in [0.25, 0.3) is 0 Å². The highest BCUT2D eigenvalue weighted by atomic mass is 16.5. The number of amides is 1. The molecule has 1 N–H and O–H groups in total. The highest BCUT2D eigenvalue weighted by Gasteiger charge is 2.05. The first-order valence-corrected chi connectivity index (χ1v) is 9.28. The molecule has 0 saturated heterocycles. The van der Waals surface area contributed by atoms with Crippen LogP contribution >= 0.6 is 0 Å². The second-order valence-electron chi connectivity index (χ2n) is 6.49. The van der Waals surface area contributed by atoms with Crippen LogP contribution in [0.5, 0.6) is 23.3 Å². The van der Waals surface area contributed by atoms with Crippen LogP contribution in [0.4, 0.5) is 5.69 Å². The Bertz CT molecular complexity index is 1040. The maximum Gasteiger partial charge on any atom is 0.322 e. The second kappa shape index (κ2) is 9.56. The third kappa shape index (κ3) is 5.57. The Hall–Kier alpha value is -3.87. The Morgan fingerprint density at radius 2 is 1.57 bits per heavy atom. The number of anilines is 1. The van der Waals surface area contributed by atoms with Gasteiger partial charge >= 0.3 is 6.01 Å². The third-order valence-electron chi connectivity index (χ3n) is 4.14. The van der Waals surface area contributed by atoms with Crippen LogP contribution in [0.2, 0.25) is 0 Å². The fraction of sp³-hybridized carbons (Fsp3) is 0.174. The van der Waals surface area contributed by atoms with Gasteiger partial charge in [0.15, 0.2) is 0 Å². The molecule has 0 saturated carbocycles. The lowest BCUT2D eigenvalue weighted by Gasteiger charge is -2.08. The molecule has 0 fully saturated rings. The number of carbonyl (C=O) groups is 1. The minimum Gasteiger partial charge on any atom is -0.497 e. The van der Waals surface area contributed by atoms with E-state index in [2.05, 4.69) is 15.3 Å². The minimum atomic E-state index is -0.272. The molecular formula is C23H23N3O4. The van der Waals surface area contributed by atoms with Crippen molar-refractivity contribution in [1.82, 2.24) is 9.97 Å². The van der Waals surface area contributed by atoms with Gasteiger partial charge in [-0.25, -0.2) is 9.97 Å². The molecule has 1 amide bonds. The quantitative estimate of drug-likeness (QED) is 0.581. The summed E-state index contributed by atoms with van der Waals surface area (Å²) in [7, 11) is 3.16. The van der Waals surface area contributed by atoms with Crippen LogP contribution in [0.3, 0.4) is 0 Å². The Morgan fingerprint density at radius 1 is 0.900 bits per heavy atom. The summed E-state index contributed by atoms with van der Waals surface area (Å²) in [6.45, 7) is 3.77. The average Bonchev–Trinajstić information content (AvgIpc) is 2.72. The molecule has 7 heteroatoms. The monoisotopic (exact) mass is 405 g/mol. The maximum atomic E-state index is 12.3. The molecule has 0 unspecified atom stereocenters. The highest BCUT2D eigenvalue weighted by molar-refractivity contribution is 6.02. The molecule has 2 aromatic carbocycles. The number of hydrogen-bond donors (Lipinski definition) is 1. The summed E-state index contributed by atoms with van der Waals surface area (Å²) in [4.78, 5) is 20.8. The van der Waals surface area contributed by atoms with E-state index in [1.807, 2.05) is 19.9 Å². The molecule has 154 valence electrons. The third-order valence-corrected chi connectivity index (χ3v) is 4.14. The number of rotatable bonds is 7. The van der Waals surface area contributed by atoms with Gasteiger partial charge in [0.05, 0.1) is 14.2 Å². The van der Waals surface area contributed by atoms with Crippen LogP contribution in [0, 0.1) is 13.8 Å². The van der Waals surface area contributed by atoms with Gasteiger partial charge in [-0.1, -0.05) is 0 Å². The molecule has 1 heterocycles. The fourth-order valence-corrected chi connectivity index (χ4v) is 2.77. The summed E-state index contributed by atoms with van der Waals surface area (Å²) in [6.07, 6.45) is 3.11. The van der Waals surface area contributed by atoms with E-state index in [-0.39, 0.29) is 5.91 Å². The van der Waals surface area contributed by atoms with Crippen molar-refractivity contribution in [3.63, 3.8) is 0 Å². The van der Waals surface area contributed by atoms with E-state index in [4.69, 9.17) is 14.2 Å². The van der Waals surface area contributed by atoms with Crippen molar-refractivity contribution >= 4 is 17.7 Å². The number of hydrogen-bond acceptors (Lipinski definition) is 6. The first kappa shape index (κ1) is 20.9. The molecule has 0 aliphatic heterocycles. The smallest absolute Gasteiger partial charge is 0.322 e. The van der Waals surface area contributed by atoms with E-state index in [1.54, 1.807) is 62.8 Å². The summed E-state index contributed by atoms with van der Waals surface area (Å²) < 4.78 is 16.2. The van der Waals surface area contributed by atoms with Crippen LogP contribution in [0.1, 0.15) is 17.0 Å². The predicted molar refractivity (Wildman–Crippen MR) is 115 cm³/mol. The van der Waals surface area contributed by atoms with E-state index < -0.39 is 0 Å². The number of aryl methyl sites for hydroxylation is 2. The molecule has 0 bridgehead atoms. The van der Waals surface area contributed by atoms with Crippen LogP contribution in [0.15, 0.2) is 54.6 Å². The normalized spacial score (nSPS) is 10.7. The first-order valence-electron chi connectivity index (χ1n) is 9.28. The van der Waals surface area contributed by atoms with E-state index in [1.165, 1.54) is 6.08 Å². The Morgan fingerprint density at radius 3 is 2.20 bits per heavy atom. The molecule has 0 aliphatic carbocycles. The van der Waals surface area contributed by atoms with Crippen molar-refractivity contribution in [2.24, 2.45) is 0 Å². The molecule has 0 radical (unpaired) electrons. The van der Waals surface area contributed by atoms with Crippen molar-refractivity contribution < 1.29 is 19.0 Å². The standard InChI is InChI=1S/C23H23N3O4/c1-15-13-16(2)25-23(24-15)30-19-8-6-18(7-9-19)26-22(27)12-5-17-14-20(28-3)10-11-21(17)29-4/h5-14H,1-4H3,(H,26,27)/b12-5+. The van der Waals surface area contributed by atoms with Gasteiger partial charge in [-0.2, -0.15) is 0 Å². The predicted octanol–water partition coefficient (Wildman–Crippen LogP) is 4.55. The zero-order chi connectivity index (χ0) is 21.5. The second-order valence-corrected chi connectivity index (χ2v) is 6.49. The molecule has 7 nitrogen and oxygen atoms in total. The van der Waals surface area contributed by atoms with Crippen molar-refractivity contribution in [1.29, 1.82) is 0 Å². The largest absolute Gasteiger partial charge is 0.497 e. The molecule has 1 aromatic heterocycles. The molecule has 3 rings (SSSR count). The molecule has 0 spiro atoms. The van der Waals surface area contributed by atoms with Gasteiger partial charge in [-0.15, -0.1) is 0 Å². The maximum absolute atomic E-state index is 12.3. The Labute approximate surface area is 175 Å². The SMILES string of the molecule is COc1ccc(OC)c(/C=C/C(=O)Nc2ccc(Oc3nc(C)cc(C)n3)cc2)c1. The van der Waals surface area contributed by atoms with Gasteiger partial charge in [-0.3, -0.25) is 4.79 Å². The lowest BCUT2D eigenvalue weighted by atomic mass is 10.1. The van der Waals surface area contributed by atoms with Crippen LogP contribution in [-0.2, 0) is 4.79 Å². The highest BCUT2D eigenvalue weighted by Crippen LogP contribution is 2.25. The zero-order valence-electron chi connectivity index (χ0n) is 17.3. The molecule has 0 aliphatic rings. The van der Waals surface area contributed by atoms with Gasteiger partial charge < -0.3 is 19.5 Å². The lowest BCUT2D eigenvalue weighted by molar-refractivity contribution is -0.111. The van der Waals surface area contributed by atoms with Gasteiger partial charge in [0, 0.05) is 28.7 Å². The topological polar surface area (TPSA) is 82.6 Å². The number of nitrogens with zero attached hydrogens (tertiary/aromatic N) is 2. The number of carbonyl (C=O) groups excluding carboxylic acids is 1. The number of methoxy groups -OCH3 is 2. The Kier molecular flexibility index (Phi) is 6.64. The molecule has 3 aromatic rings. The van der Waals surface area contributed by atoms with Gasteiger partial charge in [0.2, 0.25) is 5.91 Å². The fourth-order valence-electron chi connectivity index (χ4n) is 2.77. The van der Waals surface area contributed by atoms with Crippen molar-refractivity contribution in [3.05, 3.63) is 71.6 Å². The lowest BCUT2D eigenvalue weighted by Crippen LogP contribution is -2.07. The summed E-state index contributed by atoms with van der Waals surface area (Å²) in [5, 5.41) is 2.80. The number of aromatic nitrogens is 2. The number of ether oxygens (including phenoxy) is 3. The summed E-state index contributed by atoms with van der Waals surface area (Å²) in [6, 6.07) is 14.5. The van der Waals surface area contributed by atoms with E-state index in [0.29, 0.717) is 28.9 Å². The summed E-state index contributed by atoms with van der Waals surface area (Å²) in [5.74, 6) is 1.63. The molecule has 30 heavy (non-hydrogen) atoms. The Balaban J connectivity index is 1.64. The van der Waals surface area contributed by atoms with Crippen LogP contribution in [0.25, 0.3) is 6.08 Å².